The molecular formula is C19H30N2O3S. The summed E-state index contributed by atoms with van der Waals surface area (Å²) in [6.07, 6.45) is 4.51. The van der Waals surface area contributed by atoms with Gasteiger partial charge in [-0.05, 0) is 74.9 Å². The van der Waals surface area contributed by atoms with E-state index in [9.17, 15) is 8.42 Å². The Morgan fingerprint density at radius 3 is 2.16 bits per heavy atom. The third-order valence-electron chi connectivity index (χ3n) is 5.66. The van der Waals surface area contributed by atoms with E-state index >= 15 is 0 Å². The van der Waals surface area contributed by atoms with Gasteiger partial charge in [0, 0.05) is 19.6 Å². The number of rotatable bonds is 5. The number of nitrogens with zero attached hydrogens (tertiary/aromatic N) is 2. The molecule has 3 rings (SSSR count). The van der Waals surface area contributed by atoms with Crippen LogP contribution in [0.4, 0.5) is 0 Å². The highest BCUT2D eigenvalue weighted by molar-refractivity contribution is 7.89. The quantitative estimate of drug-likeness (QED) is 0.804. The van der Waals surface area contributed by atoms with E-state index in [2.05, 4.69) is 11.8 Å². The van der Waals surface area contributed by atoms with Crippen molar-refractivity contribution < 1.29 is 13.2 Å². The highest BCUT2D eigenvalue weighted by atomic mass is 32.2. The summed E-state index contributed by atoms with van der Waals surface area (Å²) >= 11 is 0. The van der Waals surface area contributed by atoms with Gasteiger partial charge in [-0.1, -0.05) is 6.92 Å². The lowest BCUT2D eigenvalue weighted by Crippen LogP contribution is -2.43. The Kier molecular flexibility index (Phi) is 6.02. The number of piperidine rings is 2. The Bertz CT molecular complexity index is 644. The van der Waals surface area contributed by atoms with E-state index in [-0.39, 0.29) is 0 Å². The minimum Gasteiger partial charge on any atom is -0.497 e. The van der Waals surface area contributed by atoms with Gasteiger partial charge < -0.3 is 9.64 Å². The number of ether oxygens (including phenoxy) is 1. The van der Waals surface area contributed by atoms with Crippen LogP contribution in [0.3, 0.4) is 0 Å². The highest BCUT2D eigenvalue weighted by Crippen LogP contribution is 2.26. The molecule has 0 bridgehead atoms. The van der Waals surface area contributed by atoms with Crippen molar-refractivity contribution in [1.29, 1.82) is 0 Å². The van der Waals surface area contributed by atoms with Crippen molar-refractivity contribution in [1.82, 2.24) is 9.21 Å². The van der Waals surface area contributed by atoms with Crippen molar-refractivity contribution in [2.24, 2.45) is 11.8 Å². The Balaban J connectivity index is 1.54. The summed E-state index contributed by atoms with van der Waals surface area (Å²) in [6, 6.07) is 6.68. The summed E-state index contributed by atoms with van der Waals surface area (Å²) in [7, 11) is -1.81. The summed E-state index contributed by atoms with van der Waals surface area (Å²) in [4.78, 5) is 2.93. The lowest BCUT2D eigenvalue weighted by molar-refractivity contribution is 0.142. The zero-order valence-electron chi connectivity index (χ0n) is 15.4. The van der Waals surface area contributed by atoms with Crippen LogP contribution in [0.25, 0.3) is 0 Å². The van der Waals surface area contributed by atoms with Gasteiger partial charge in [0.1, 0.15) is 5.75 Å². The largest absolute Gasteiger partial charge is 0.497 e. The first-order chi connectivity index (χ1) is 12.0. The maximum atomic E-state index is 12.8. The van der Waals surface area contributed by atoms with Gasteiger partial charge in [-0.3, -0.25) is 0 Å². The van der Waals surface area contributed by atoms with E-state index in [4.69, 9.17) is 4.74 Å². The molecule has 0 radical (unpaired) electrons. The first kappa shape index (κ1) is 18.7. The molecule has 2 saturated heterocycles. The van der Waals surface area contributed by atoms with Gasteiger partial charge in [0.15, 0.2) is 0 Å². The van der Waals surface area contributed by atoms with Gasteiger partial charge in [0.2, 0.25) is 10.0 Å². The van der Waals surface area contributed by atoms with Crippen molar-refractivity contribution in [3.05, 3.63) is 24.3 Å². The summed E-state index contributed by atoms with van der Waals surface area (Å²) in [6.45, 7) is 7.12. The van der Waals surface area contributed by atoms with Crippen LogP contribution in [0, 0.1) is 11.8 Å². The van der Waals surface area contributed by atoms with Crippen molar-refractivity contribution in [2.45, 2.75) is 37.5 Å². The minimum absolute atomic E-state index is 0.358. The lowest BCUT2D eigenvalue weighted by Gasteiger charge is -2.36. The Morgan fingerprint density at radius 1 is 1.00 bits per heavy atom. The van der Waals surface area contributed by atoms with Gasteiger partial charge in [0.05, 0.1) is 12.0 Å². The Morgan fingerprint density at radius 2 is 1.60 bits per heavy atom. The molecular weight excluding hydrogens is 336 g/mol. The van der Waals surface area contributed by atoms with Crippen molar-refractivity contribution in [3.8, 4) is 5.75 Å². The van der Waals surface area contributed by atoms with Gasteiger partial charge in [0.25, 0.3) is 0 Å². The molecule has 0 amide bonds. The zero-order valence-corrected chi connectivity index (χ0v) is 16.2. The molecule has 2 fully saturated rings. The number of benzene rings is 1. The van der Waals surface area contributed by atoms with Crippen molar-refractivity contribution >= 4 is 10.0 Å². The number of hydrogen-bond acceptors (Lipinski definition) is 4. The third-order valence-corrected chi connectivity index (χ3v) is 7.58. The monoisotopic (exact) mass is 366 g/mol. The Hall–Kier alpha value is -1.11. The van der Waals surface area contributed by atoms with Crippen LogP contribution >= 0.6 is 0 Å². The van der Waals surface area contributed by atoms with Crippen LogP contribution in [0.1, 0.15) is 32.6 Å². The van der Waals surface area contributed by atoms with Crippen molar-refractivity contribution in [3.63, 3.8) is 0 Å². The fourth-order valence-electron chi connectivity index (χ4n) is 3.84. The molecule has 0 aromatic heterocycles. The molecule has 0 atom stereocenters. The fraction of sp³-hybridized carbons (Fsp3) is 0.684. The van der Waals surface area contributed by atoms with E-state index < -0.39 is 10.0 Å². The van der Waals surface area contributed by atoms with Crippen LogP contribution in [0.5, 0.6) is 5.75 Å². The van der Waals surface area contributed by atoms with Crippen LogP contribution in [0.2, 0.25) is 0 Å². The first-order valence-corrected chi connectivity index (χ1v) is 10.8. The topological polar surface area (TPSA) is 49.9 Å². The average Bonchev–Trinajstić information content (AvgIpc) is 2.64. The predicted octanol–water partition coefficient (Wildman–Crippen LogP) is 2.83. The van der Waals surface area contributed by atoms with Gasteiger partial charge in [-0.25, -0.2) is 8.42 Å². The molecule has 6 heteroatoms. The second-order valence-electron chi connectivity index (χ2n) is 7.51. The highest BCUT2D eigenvalue weighted by Gasteiger charge is 2.30. The van der Waals surface area contributed by atoms with E-state index in [0.29, 0.717) is 29.7 Å². The molecule has 5 nitrogen and oxygen atoms in total. The number of likely N-dealkylation sites (tertiary alicyclic amines) is 1. The average molecular weight is 367 g/mol. The minimum atomic E-state index is -3.39. The SMILES string of the molecule is COc1ccc(S(=O)(=O)N2CCC(CN3CCC(C)CC3)CC2)cc1. The molecule has 0 N–H and O–H groups in total. The van der Waals surface area contributed by atoms with Crippen LogP contribution in [-0.4, -0.2) is 57.5 Å². The van der Waals surface area contributed by atoms with Crippen molar-refractivity contribution in [2.75, 3.05) is 39.8 Å². The smallest absolute Gasteiger partial charge is 0.243 e. The Labute approximate surface area is 152 Å². The van der Waals surface area contributed by atoms with Crippen LogP contribution in [-0.2, 0) is 10.0 Å². The second kappa shape index (κ2) is 8.06. The fourth-order valence-corrected chi connectivity index (χ4v) is 5.31. The summed E-state index contributed by atoms with van der Waals surface area (Å²) in [5.74, 6) is 2.15. The molecule has 0 spiro atoms. The molecule has 0 saturated carbocycles. The molecule has 140 valence electrons. The lowest BCUT2D eigenvalue weighted by atomic mass is 9.94. The van der Waals surface area contributed by atoms with Gasteiger partial charge >= 0.3 is 0 Å². The number of methoxy groups -OCH3 is 1. The molecule has 2 heterocycles. The van der Waals surface area contributed by atoms with E-state index in [1.165, 1.54) is 25.9 Å². The molecule has 0 unspecified atom stereocenters. The normalized spacial score (nSPS) is 22.2. The zero-order chi connectivity index (χ0) is 17.9. The maximum Gasteiger partial charge on any atom is 0.243 e. The molecule has 1 aromatic rings. The number of hydrogen-bond donors (Lipinski definition) is 0. The van der Waals surface area contributed by atoms with Crippen LogP contribution < -0.4 is 4.74 Å². The predicted molar refractivity (Wildman–Crippen MR) is 99.3 cm³/mol. The van der Waals surface area contributed by atoms with E-state index in [1.54, 1.807) is 35.7 Å². The van der Waals surface area contributed by atoms with Crippen LogP contribution in [0.15, 0.2) is 29.2 Å². The number of sulfonamides is 1. The van der Waals surface area contributed by atoms with E-state index in [0.717, 1.165) is 25.3 Å². The second-order valence-corrected chi connectivity index (χ2v) is 9.44. The molecule has 0 aliphatic carbocycles. The first-order valence-electron chi connectivity index (χ1n) is 9.35. The molecule has 1 aromatic carbocycles. The molecule has 25 heavy (non-hydrogen) atoms. The maximum absolute atomic E-state index is 12.8. The molecule has 2 aliphatic rings. The van der Waals surface area contributed by atoms with E-state index in [1.807, 2.05) is 0 Å². The standard InChI is InChI=1S/C19H30N2O3S/c1-16-7-11-20(12-8-16)15-17-9-13-21(14-10-17)25(22,23)19-5-3-18(24-2)4-6-19/h3-6,16-17H,7-15H2,1-2H3. The van der Waals surface area contributed by atoms with Gasteiger partial charge in [-0.2, -0.15) is 4.31 Å². The van der Waals surface area contributed by atoms with Gasteiger partial charge in [-0.15, -0.1) is 0 Å². The summed E-state index contributed by atoms with van der Waals surface area (Å²) in [5, 5.41) is 0. The molecule has 2 aliphatic heterocycles. The summed E-state index contributed by atoms with van der Waals surface area (Å²) < 4.78 is 32.3. The summed E-state index contributed by atoms with van der Waals surface area (Å²) in [5.41, 5.74) is 0. The third kappa shape index (κ3) is 4.54.